The Morgan fingerprint density at radius 1 is 1.03 bits per heavy atom. The van der Waals surface area contributed by atoms with E-state index >= 15 is 0 Å². The van der Waals surface area contributed by atoms with Crippen LogP contribution < -0.4 is 0 Å². The highest BCUT2D eigenvalue weighted by atomic mass is 16.8. The smallest absolute Gasteiger partial charge is 0.186 e. The zero-order valence-electron chi connectivity index (χ0n) is 17.7. The van der Waals surface area contributed by atoms with Crippen LogP contribution in [-0.4, -0.2) is 60.5 Å². The summed E-state index contributed by atoms with van der Waals surface area (Å²) in [6.45, 7) is 3.59. The van der Waals surface area contributed by atoms with Crippen molar-refractivity contribution in [3.63, 3.8) is 0 Å². The zero-order chi connectivity index (χ0) is 22.0. The summed E-state index contributed by atoms with van der Waals surface area (Å²) in [7, 11) is 1.51. The van der Waals surface area contributed by atoms with Gasteiger partial charge in [0.15, 0.2) is 18.1 Å². The number of rotatable bonds is 6. The number of aliphatic imine (C=N–C) groups is 1. The molecule has 0 bridgehead atoms. The molecular formula is C24H26N2O5. The van der Waals surface area contributed by atoms with Crippen LogP contribution in [-0.2, 0) is 18.9 Å². The minimum Gasteiger partial charge on any atom is -0.387 e. The Bertz CT molecular complexity index is 915. The van der Waals surface area contributed by atoms with Crippen LogP contribution in [0, 0.1) is 11.3 Å². The van der Waals surface area contributed by atoms with E-state index < -0.39 is 42.5 Å². The Morgan fingerprint density at radius 2 is 1.58 bits per heavy atom. The van der Waals surface area contributed by atoms with Crippen LogP contribution in [0.15, 0.2) is 65.7 Å². The van der Waals surface area contributed by atoms with Crippen molar-refractivity contribution in [3.05, 3.63) is 71.8 Å². The lowest BCUT2D eigenvalue weighted by Crippen LogP contribution is -2.44. The van der Waals surface area contributed by atoms with E-state index in [0.717, 1.165) is 11.1 Å². The predicted octanol–water partition coefficient (Wildman–Crippen LogP) is 2.67. The molecule has 2 aliphatic rings. The number of fused-ring (bicyclic) bond motifs is 1. The molecule has 0 saturated carbocycles. The van der Waals surface area contributed by atoms with Crippen molar-refractivity contribution in [2.24, 2.45) is 4.99 Å². The van der Waals surface area contributed by atoms with E-state index in [4.69, 9.17) is 18.9 Å². The van der Waals surface area contributed by atoms with Crippen LogP contribution >= 0.6 is 0 Å². The van der Waals surface area contributed by atoms with Crippen molar-refractivity contribution in [1.82, 2.24) is 0 Å². The van der Waals surface area contributed by atoms with E-state index in [2.05, 4.69) is 11.1 Å². The molecule has 31 heavy (non-hydrogen) atoms. The van der Waals surface area contributed by atoms with E-state index in [1.54, 1.807) is 13.8 Å². The summed E-state index contributed by atoms with van der Waals surface area (Å²) < 4.78 is 23.1. The van der Waals surface area contributed by atoms with Gasteiger partial charge in [-0.3, -0.25) is 4.99 Å². The maximum absolute atomic E-state index is 11.1. The molecule has 7 nitrogen and oxygen atoms in total. The quantitative estimate of drug-likeness (QED) is 0.720. The van der Waals surface area contributed by atoms with Crippen molar-refractivity contribution in [1.29, 1.82) is 5.26 Å². The van der Waals surface area contributed by atoms with Crippen molar-refractivity contribution in [2.45, 2.75) is 56.4 Å². The van der Waals surface area contributed by atoms with Gasteiger partial charge in [0, 0.05) is 18.2 Å². The molecule has 2 unspecified atom stereocenters. The summed E-state index contributed by atoms with van der Waals surface area (Å²) in [5, 5.41) is 21.0. The van der Waals surface area contributed by atoms with Gasteiger partial charge in [-0.2, -0.15) is 5.26 Å². The van der Waals surface area contributed by atoms with Crippen LogP contribution in [0.25, 0.3) is 0 Å². The molecule has 1 N–H and O–H groups in total. The van der Waals surface area contributed by atoms with E-state index in [-0.39, 0.29) is 0 Å². The molecule has 0 radical (unpaired) electrons. The number of ether oxygens (including phenoxy) is 4. The fourth-order valence-electron chi connectivity index (χ4n) is 4.06. The van der Waals surface area contributed by atoms with Crippen molar-refractivity contribution >= 4 is 5.71 Å². The lowest BCUT2D eigenvalue weighted by molar-refractivity contribution is -0.237. The summed E-state index contributed by atoms with van der Waals surface area (Å²) in [6.07, 6.45) is -3.82. The second-order valence-electron chi connectivity index (χ2n) is 8.04. The zero-order valence-corrected chi connectivity index (χ0v) is 17.7. The van der Waals surface area contributed by atoms with Crippen molar-refractivity contribution in [3.8, 4) is 6.07 Å². The van der Waals surface area contributed by atoms with Gasteiger partial charge in [0.25, 0.3) is 0 Å². The molecule has 4 rings (SSSR count). The van der Waals surface area contributed by atoms with E-state index in [9.17, 15) is 10.4 Å². The largest absolute Gasteiger partial charge is 0.387 e. The molecule has 0 aromatic heterocycles. The van der Waals surface area contributed by atoms with Crippen LogP contribution in [0.5, 0.6) is 0 Å². The first-order chi connectivity index (χ1) is 14.9. The van der Waals surface area contributed by atoms with Gasteiger partial charge in [0.1, 0.15) is 24.4 Å². The monoisotopic (exact) mass is 422 g/mol. The molecule has 2 fully saturated rings. The molecule has 2 aliphatic heterocycles. The van der Waals surface area contributed by atoms with Crippen molar-refractivity contribution in [2.75, 3.05) is 7.11 Å². The molecule has 6 atom stereocenters. The van der Waals surface area contributed by atoms with Gasteiger partial charge in [0.05, 0.1) is 11.8 Å². The summed E-state index contributed by atoms with van der Waals surface area (Å²) in [5.41, 5.74) is 2.32. The molecular weight excluding hydrogens is 396 g/mol. The van der Waals surface area contributed by atoms with E-state index in [0.29, 0.717) is 5.71 Å². The first kappa shape index (κ1) is 21.6. The first-order valence-electron chi connectivity index (χ1n) is 10.2. The third-order valence-corrected chi connectivity index (χ3v) is 5.43. The van der Waals surface area contributed by atoms with Crippen LogP contribution in [0.2, 0.25) is 0 Å². The van der Waals surface area contributed by atoms with Gasteiger partial charge in [-0.1, -0.05) is 60.7 Å². The standard InChI is InChI=1S/C24H26N2O5/c1-24(2)30-21-20(29-23(28-3)22(21)31-24)19(27)17(14-25)26-18(15-10-6-4-7-11-15)16-12-8-5-9-13-16/h4-13,17,19-23,27H,1-3H3/t17?,19?,20-,21-,22-,23-/m1/s1. The topological polar surface area (TPSA) is 93.3 Å². The van der Waals surface area contributed by atoms with Gasteiger partial charge in [-0.25, -0.2) is 0 Å². The maximum Gasteiger partial charge on any atom is 0.186 e. The van der Waals surface area contributed by atoms with Gasteiger partial charge in [0.2, 0.25) is 0 Å². The molecule has 7 heteroatoms. The van der Waals surface area contributed by atoms with E-state index in [1.807, 2.05) is 60.7 Å². The third kappa shape index (κ3) is 4.40. The Labute approximate surface area is 181 Å². The molecule has 2 heterocycles. The third-order valence-electron chi connectivity index (χ3n) is 5.43. The highest BCUT2D eigenvalue weighted by Crippen LogP contribution is 2.40. The first-order valence-corrected chi connectivity index (χ1v) is 10.2. The molecule has 2 saturated heterocycles. The molecule has 2 aromatic carbocycles. The van der Waals surface area contributed by atoms with Gasteiger partial charge >= 0.3 is 0 Å². The normalized spacial score (nSPS) is 28.4. The highest BCUT2D eigenvalue weighted by Gasteiger charge is 2.58. The number of aliphatic hydroxyl groups excluding tert-OH is 1. The molecule has 2 aromatic rings. The second kappa shape index (κ2) is 8.87. The SMILES string of the molecule is CO[C@@H]1O[C@H](C(O)C(C#N)N=C(c2ccccc2)c2ccccc2)[C@H]2OC(C)(C)O[C@@H]12. The summed E-state index contributed by atoms with van der Waals surface area (Å²) in [4.78, 5) is 4.67. The highest BCUT2D eigenvalue weighted by molar-refractivity contribution is 6.13. The number of aliphatic hydroxyl groups is 1. The number of hydrogen-bond acceptors (Lipinski definition) is 7. The minimum absolute atomic E-state index is 0.495. The number of methoxy groups -OCH3 is 1. The van der Waals surface area contributed by atoms with Gasteiger partial charge in [-0.05, 0) is 13.8 Å². The number of benzene rings is 2. The Kier molecular flexibility index (Phi) is 6.19. The Morgan fingerprint density at radius 3 is 2.10 bits per heavy atom. The summed E-state index contributed by atoms with van der Waals surface area (Å²) >= 11 is 0. The Hall–Kier alpha value is -2.60. The second-order valence-corrected chi connectivity index (χ2v) is 8.04. The fraction of sp³-hybridized carbons (Fsp3) is 0.417. The summed E-state index contributed by atoms with van der Waals surface area (Å²) in [6, 6.07) is 20.2. The average Bonchev–Trinajstić information content (AvgIpc) is 3.28. The molecule has 0 spiro atoms. The fourth-order valence-corrected chi connectivity index (χ4v) is 4.06. The van der Waals surface area contributed by atoms with Crippen LogP contribution in [0.3, 0.4) is 0 Å². The summed E-state index contributed by atoms with van der Waals surface area (Å²) in [5.74, 6) is -0.835. The van der Waals surface area contributed by atoms with Gasteiger partial charge < -0.3 is 24.1 Å². The minimum atomic E-state index is -1.24. The van der Waals surface area contributed by atoms with Crippen molar-refractivity contribution < 1.29 is 24.1 Å². The maximum atomic E-state index is 11.1. The molecule has 0 aliphatic carbocycles. The van der Waals surface area contributed by atoms with Gasteiger partial charge in [-0.15, -0.1) is 0 Å². The number of nitriles is 1. The average molecular weight is 422 g/mol. The Balaban J connectivity index is 1.67. The molecule has 162 valence electrons. The molecule has 0 amide bonds. The van der Waals surface area contributed by atoms with E-state index in [1.165, 1.54) is 7.11 Å². The number of nitrogens with zero attached hydrogens (tertiary/aromatic N) is 2. The lowest BCUT2D eigenvalue weighted by Gasteiger charge is -2.27. The lowest BCUT2D eigenvalue weighted by atomic mass is 9.98. The van der Waals surface area contributed by atoms with Crippen LogP contribution in [0.4, 0.5) is 0 Å². The predicted molar refractivity (Wildman–Crippen MR) is 113 cm³/mol. The number of hydrogen-bond donors (Lipinski definition) is 1. The van der Waals surface area contributed by atoms with Crippen LogP contribution in [0.1, 0.15) is 25.0 Å².